The molecule has 0 saturated carbocycles. The number of nitrogens with zero attached hydrogens (tertiary/aromatic N) is 1. The van der Waals surface area contributed by atoms with E-state index in [1.54, 1.807) is 30.3 Å². The third-order valence-electron chi connectivity index (χ3n) is 5.35. The van der Waals surface area contributed by atoms with Gasteiger partial charge in [-0.25, -0.2) is 4.79 Å². The molecule has 3 amide bonds. The maximum Gasteiger partial charge on any atom is 0.329 e. The van der Waals surface area contributed by atoms with Gasteiger partial charge in [-0.2, -0.15) is 0 Å². The molecule has 1 aliphatic rings. The van der Waals surface area contributed by atoms with Crippen LogP contribution in [0.3, 0.4) is 0 Å². The van der Waals surface area contributed by atoms with Crippen molar-refractivity contribution in [3.63, 3.8) is 0 Å². The van der Waals surface area contributed by atoms with E-state index in [0.29, 0.717) is 31.6 Å². The molecule has 35 heavy (non-hydrogen) atoms. The lowest BCUT2D eigenvalue weighted by Gasteiger charge is -2.14. The molecule has 0 atom stereocenters. The van der Waals surface area contributed by atoms with Gasteiger partial charge in [0.2, 0.25) is 0 Å². The number of aryl methyl sites for hydroxylation is 1. The van der Waals surface area contributed by atoms with Crippen LogP contribution in [-0.2, 0) is 17.9 Å². The van der Waals surface area contributed by atoms with Crippen LogP contribution in [0.25, 0.3) is 6.08 Å². The lowest BCUT2D eigenvalue weighted by Crippen LogP contribution is -2.30. The Bertz CT molecular complexity index is 1330. The summed E-state index contributed by atoms with van der Waals surface area (Å²) in [5.74, 6) is 0.550. The van der Waals surface area contributed by atoms with E-state index < -0.39 is 11.9 Å². The smallest absolute Gasteiger partial charge is 0.329 e. The van der Waals surface area contributed by atoms with Crippen LogP contribution in [0.2, 0.25) is 10.0 Å². The van der Waals surface area contributed by atoms with Crippen LogP contribution >= 0.6 is 39.1 Å². The Hall–Kier alpha value is -3.00. The number of benzene rings is 3. The molecule has 180 valence electrons. The van der Waals surface area contributed by atoms with Crippen molar-refractivity contribution in [2.24, 2.45) is 0 Å². The van der Waals surface area contributed by atoms with E-state index in [-0.39, 0.29) is 18.8 Å². The molecular weight excluding hydrogens is 555 g/mol. The second-order valence-electron chi connectivity index (χ2n) is 7.94. The molecule has 1 heterocycles. The second kappa shape index (κ2) is 10.7. The third kappa shape index (κ3) is 5.81. The van der Waals surface area contributed by atoms with Crippen molar-refractivity contribution in [1.29, 1.82) is 0 Å². The summed E-state index contributed by atoms with van der Waals surface area (Å²) in [6, 6.07) is 16.0. The Labute approximate surface area is 221 Å². The Morgan fingerprint density at radius 2 is 1.71 bits per heavy atom. The first-order valence-electron chi connectivity index (χ1n) is 10.6. The van der Waals surface area contributed by atoms with Crippen molar-refractivity contribution < 1.29 is 19.1 Å². The van der Waals surface area contributed by atoms with Gasteiger partial charge in [0.1, 0.15) is 12.3 Å². The molecule has 0 bridgehead atoms. The van der Waals surface area contributed by atoms with Crippen molar-refractivity contribution >= 4 is 57.1 Å². The molecule has 1 saturated heterocycles. The van der Waals surface area contributed by atoms with Crippen LogP contribution in [0.5, 0.6) is 11.5 Å². The molecule has 0 aromatic heterocycles. The number of carbonyl (C=O) groups is 2. The molecule has 0 unspecified atom stereocenters. The average molecular weight is 576 g/mol. The van der Waals surface area contributed by atoms with Gasteiger partial charge in [-0.15, -0.1) is 0 Å². The fourth-order valence-corrected chi connectivity index (χ4v) is 4.40. The molecule has 0 aliphatic carbocycles. The Kier molecular flexibility index (Phi) is 7.69. The largest absolute Gasteiger partial charge is 0.493 e. The van der Waals surface area contributed by atoms with Crippen molar-refractivity contribution in [3.8, 4) is 11.5 Å². The van der Waals surface area contributed by atoms with E-state index in [2.05, 4.69) is 21.2 Å². The summed E-state index contributed by atoms with van der Waals surface area (Å²) in [5, 5.41) is 3.56. The highest BCUT2D eigenvalue weighted by Crippen LogP contribution is 2.38. The molecule has 1 N–H and O–H groups in total. The minimum absolute atomic E-state index is 0.181. The van der Waals surface area contributed by atoms with E-state index in [0.717, 1.165) is 16.7 Å². The topological polar surface area (TPSA) is 67.9 Å². The number of halogens is 3. The van der Waals surface area contributed by atoms with E-state index >= 15 is 0 Å². The van der Waals surface area contributed by atoms with E-state index in [1.807, 2.05) is 37.3 Å². The van der Waals surface area contributed by atoms with E-state index in [9.17, 15) is 9.59 Å². The van der Waals surface area contributed by atoms with Gasteiger partial charge in [0, 0.05) is 0 Å². The van der Waals surface area contributed by atoms with Crippen LogP contribution in [0, 0.1) is 6.92 Å². The highest BCUT2D eigenvalue weighted by atomic mass is 79.9. The average Bonchev–Trinajstić information content (AvgIpc) is 3.08. The standard InChI is InChI=1S/C26H21BrCl2N2O4/c1-15-3-5-16(6-4-15)13-31-25(32)22(30-26(31)33)11-18-9-19(27)24(23(12-18)34-2)35-14-17-7-8-20(28)21(29)10-17/h3-12H,13-14H2,1-2H3,(H,30,33)/b22-11+. The maximum atomic E-state index is 12.9. The summed E-state index contributed by atoms with van der Waals surface area (Å²) in [6.45, 7) is 2.42. The van der Waals surface area contributed by atoms with Crippen molar-refractivity contribution in [2.75, 3.05) is 7.11 Å². The maximum absolute atomic E-state index is 12.9. The van der Waals surface area contributed by atoms with Gasteiger partial charge in [0.15, 0.2) is 11.5 Å². The number of urea groups is 1. The normalized spacial score (nSPS) is 14.4. The van der Waals surface area contributed by atoms with Crippen LogP contribution in [-0.4, -0.2) is 23.9 Å². The monoisotopic (exact) mass is 574 g/mol. The fraction of sp³-hybridized carbons (Fsp3) is 0.154. The Balaban J connectivity index is 1.52. The fourth-order valence-electron chi connectivity index (χ4n) is 3.51. The zero-order chi connectivity index (χ0) is 25.1. The zero-order valence-electron chi connectivity index (χ0n) is 18.9. The van der Waals surface area contributed by atoms with Crippen LogP contribution in [0.1, 0.15) is 22.3 Å². The summed E-state index contributed by atoms with van der Waals surface area (Å²) in [6.07, 6.45) is 1.60. The number of nitrogens with one attached hydrogen (secondary N) is 1. The van der Waals surface area contributed by atoms with Gasteiger partial charge in [-0.1, -0.05) is 59.1 Å². The predicted molar refractivity (Wildman–Crippen MR) is 140 cm³/mol. The predicted octanol–water partition coefficient (Wildman–Crippen LogP) is 6.74. The molecule has 1 fully saturated rings. The van der Waals surface area contributed by atoms with Gasteiger partial charge in [0.25, 0.3) is 5.91 Å². The summed E-state index contributed by atoms with van der Waals surface area (Å²) >= 11 is 15.6. The molecule has 3 aromatic rings. The lowest BCUT2D eigenvalue weighted by atomic mass is 10.1. The van der Waals surface area contributed by atoms with Gasteiger partial charge < -0.3 is 14.8 Å². The molecule has 3 aromatic carbocycles. The number of hydrogen-bond donors (Lipinski definition) is 1. The summed E-state index contributed by atoms with van der Waals surface area (Å²) in [4.78, 5) is 26.5. The van der Waals surface area contributed by atoms with Gasteiger partial charge in [-0.05, 0) is 69.9 Å². The first kappa shape index (κ1) is 25.1. The second-order valence-corrected chi connectivity index (χ2v) is 9.61. The van der Waals surface area contributed by atoms with Crippen LogP contribution in [0.15, 0.2) is 64.8 Å². The van der Waals surface area contributed by atoms with E-state index in [4.69, 9.17) is 32.7 Å². The summed E-state index contributed by atoms with van der Waals surface area (Å²) in [7, 11) is 1.52. The number of hydrogen-bond acceptors (Lipinski definition) is 4. The van der Waals surface area contributed by atoms with Crippen molar-refractivity contribution in [3.05, 3.63) is 97.1 Å². The molecule has 6 nitrogen and oxygen atoms in total. The molecule has 1 aliphatic heterocycles. The van der Waals surface area contributed by atoms with E-state index in [1.165, 1.54) is 12.0 Å². The summed E-state index contributed by atoms with van der Waals surface area (Å²) in [5.41, 5.74) is 3.65. The Morgan fingerprint density at radius 1 is 1.00 bits per heavy atom. The molecule has 4 rings (SSSR count). The third-order valence-corrected chi connectivity index (χ3v) is 6.68. The minimum atomic E-state index is -0.463. The molecule has 9 heteroatoms. The zero-order valence-corrected chi connectivity index (χ0v) is 22.0. The summed E-state index contributed by atoms with van der Waals surface area (Å²) < 4.78 is 12.1. The number of imide groups is 1. The Morgan fingerprint density at radius 3 is 2.40 bits per heavy atom. The minimum Gasteiger partial charge on any atom is -0.493 e. The number of methoxy groups -OCH3 is 1. The van der Waals surface area contributed by atoms with Crippen molar-refractivity contribution in [1.82, 2.24) is 10.2 Å². The van der Waals surface area contributed by atoms with Crippen LogP contribution in [0.4, 0.5) is 4.79 Å². The SMILES string of the molecule is COc1cc(/C=C2/NC(=O)N(Cc3ccc(C)cc3)C2=O)cc(Br)c1OCc1ccc(Cl)c(Cl)c1. The van der Waals surface area contributed by atoms with Gasteiger partial charge >= 0.3 is 6.03 Å². The molecular formula is C26H21BrCl2N2O4. The first-order chi connectivity index (χ1) is 16.7. The number of carbonyl (C=O) groups excluding carboxylic acids is 2. The molecule has 0 spiro atoms. The number of amides is 3. The van der Waals surface area contributed by atoms with Crippen LogP contribution < -0.4 is 14.8 Å². The number of ether oxygens (including phenoxy) is 2. The number of rotatable bonds is 7. The first-order valence-corrected chi connectivity index (χ1v) is 12.1. The molecule has 0 radical (unpaired) electrons. The lowest BCUT2D eigenvalue weighted by molar-refractivity contribution is -0.123. The van der Waals surface area contributed by atoms with Crippen molar-refractivity contribution in [2.45, 2.75) is 20.1 Å². The van der Waals surface area contributed by atoms with Gasteiger partial charge in [0.05, 0.1) is 28.2 Å². The highest BCUT2D eigenvalue weighted by Gasteiger charge is 2.33. The van der Waals surface area contributed by atoms with Gasteiger partial charge in [-0.3, -0.25) is 9.69 Å². The quantitative estimate of drug-likeness (QED) is 0.250. The highest BCUT2D eigenvalue weighted by molar-refractivity contribution is 9.10.